The SMILES string of the molecule is COc1c(CCl)cc(Cl)cc1S(=O)(=O)N1CC(C)CC1C. The maximum atomic E-state index is 12.9. The lowest BCUT2D eigenvalue weighted by molar-refractivity contribution is 0.383. The Morgan fingerprint density at radius 2 is 2.05 bits per heavy atom. The van der Waals surface area contributed by atoms with Gasteiger partial charge in [0.15, 0.2) is 0 Å². The number of ether oxygens (including phenoxy) is 1. The van der Waals surface area contributed by atoms with Gasteiger partial charge in [-0.15, -0.1) is 11.6 Å². The highest BCUT2D eigenvalue weighted by atomic mass is 35.5. The summed E-state index contributed by atoms with van der Waals surface area (Å²) in [6, 6.07) is 3.03. The Balaban J connectivity index is 2.57. The van der Waals surface area contributed by atoms with E-state index in [9.17, 15) is 8.42 Å². The van der Waals surface area contributed by atoms with E-state index in [0.29, 0.717) is 23.0 Å². The van der Waals surface area contributed by atoms with Gasteiger partial charge in [0, 0.05) is 23.2 Å². The summed E-state index contributed by atoms with van der Waals surface area (Å²) in [6.45, 7) is 4.47. The third-order valence-corrected chi connectivity index (χ3v) is 6.25. The largest absolute Gasteiger partial charge is 0.495 e. The van der Waals surface area contributed by atoms with Gasteiger partial charge >= 0.3 is 0 Å². The normalized spacial score (nSPS) is 23.5. The van der Waals surface area contributed by atoms with Crippen molar-refractivity contribution in [1.82, 2.24) is 4.31 Å². The van der Waals surface area contributed by atoms with Gasteiger partial charge in [-0.1, -0.05) is 18.5 Å². The molecule has 2 unspecified atom stereocenters. The van der Waals surface area contributed by atoms with Crippen LogP contribution in [-0.4, -0.2) is 32.4 Å². The molecule has 1 saturated heterocycles. The summed E-state index contributed by atoms with van der Waals surface area (Å²) in [6.07, 6.45) is 0.852. The van der Waals surface area contributed by atoms with E-state index in [2.05, 4.69) is 0 Å². The monoisotopic (exact) mass is 351 g/mol. The van der Waals surface area contributed by atoms with Crippen molar-refractivity contribution in [1.29, 1.82) is 0 Å². The molecular weight excluding hydrogens is 333 g/mol. The van der Waals surface area contributed by atoms with Crippen molar-refractivity contribution >= 4 is 33.2 Å². The van der Waals surface area contributed by atoms with E-state index in [-0.39, 0.29) is 22.6 Å². The molecule has 0 spiro atoms. The van der Waals surface area contributed by atoms with E-state index in [1.54, 1.807) is 6.07 Å². The second-order valence-corrected chi connectivity index (χ2v) is 8.06. The number of rotatable bonds is 4. The molecule has 0 saturated carbocycles. The first-order valence-corrected chi connectivity index (χ1v) is 9.10. The third-order valence-electron chi connectivity index (χ3n) is 3.76. The number of nitrogens with zero attached hydrogens (tertiary/aromatic N) is 1. The van der Waals surface area contributed by atoms with Crippen LogP contribution in [0.2, 0.25) is 5.02 Å². The van der Waals surface area contributed by atoms with Crippen molar-refractivity contribution in [2.75, 3.05) is 13.7 Å². The Morgan fingerprint density at radius 3 is 2.52 bits per heavy atom. The molecule has 0 aliphatic carbocycles. The molecule has 7 heteroatoms. The first-order chi connectivity index (χ1) is 9.81. The lowest BCUT2D eigenvalue weighted by atomic mass is 10.1. The number of methoxy groups -OCH3 is 1. The topological polar surface area (TPSA) is 46.6 Å². The second kappa shape index (κ2) is 6.32. The molecule has 1 aromatic carbocycles. The Hall–Kier alpha value is -0.490. The molecule has 0 N–H and O–H groups in total. The molecule has 1 aliphatic rings. The Kier molecular flexibility index (Phi) is 5.08. The van der Waals surface area contributed by atoms with E-state index < -0.39 is 10.0 Å². The summed E-state index contributed by atoms with van der Waals surface area (Å²) in [7, 11) is -2.21. The van der Waals surface area contributed by atoms with Crippen LogP contribution in [0.25, 0.3) is 0 Å². The maximum absolute atomic E-state index is 12.9. The van der Waals surface area contributed by atoms with Crippen molar-refractivity contribution in [2.24, 2.45) is 5.92 Å². The highest BCUT2D eigenvalue weighted by Crippen LogP contribution is 2.37. The van der Waals surface area contributed by atoms with Crippen LogP contribution in [0.4, 0.5) is 0 Å². The first-order valence-electron chi connectivity index (χ1n) is 6.75. The minimum absolute atomic E-state index is 0.0341. The van der Waals surface area contributed by atoms with Crippen LogP contribution in [0.5, 0.6) is 5.75 Å². The van der Waals surface area contributed by atoms with Gasteiger partial charge in [0.25, 0.3) is 0 Å². The fourth-order valence-corrected chi connectivity index (χ4v) is 5.36. The summed E-state index contributed by atoms with van der Waals surface area (Å²) in [5, 5.41) is 0.338. The van der Waals surface area contributed by atoms with Crippen LogP contribution in [-0.2, 0) is 15.9 Å². The van der Waals surface area contributed by atoms with Crippen LogP contribution in [0.1, 0.15) is 25.8 Å². The van der Waals surface area contributed by atoms with Gasteiger partial charge in [0.2, 0.25) is 10.0 Å². The summed E-state index contributed by atoms with van der Waals surface area (Å²) < 4.78 is 32.7. The lowest BCUT2D eigenvalue weighted by Crippen LogP contribution is -2.34. The molecular formula is C14H19Cl2NO3S. The van der Waals surface area contributed by atoms with Crippen LogP contribution in [0, 0.1) is 5.92 Å². The van der Waals surface area contributed by atoms with Gasteiger partial charge in [0.05, 0.1) is 13.0 Å². The minimum Gasteiger partial charge on any atom is -0.495 e. The predicted octanol–water partition coefficient (Wildman–Crippen LogP) is 3.51. The Labute approximate surface area is 136 Å². The summed E-state index contributed by atoms with van der Waals surface area (Å²) in [4.78, 5) is 0.0918. The molecule has 0 radical (unpaired) electrons. The second-order valence-electron chi connectivity index (χ2n) is 5.49. The summed E-state index contributed by atoms with van der Waals surface area (Å²) in [5.41, 5.74) is 0.574. The number of halogens is 2. The predicted molar refractivity (Wildman–Crippen MR) is 84.7 cm³/mol. The van der Waals surface area contributed by atoms with E-state index in [1.807, 2.05) is 13.8 Å². The van der Waals surface area contributed by atoms with Crippen LogP contribution >= 0.6 is 23.2 Å². The number of hydrogen-bond donors (Lipinski definition) is 0. The molecule has 0 aromatic heterocycles. The number of sulfonamides is 1. The maximum Gasteiger partial charge on any atom is 0.247 e. The fourth-order valence-electron chi connectivity index (χ4n) is 2.87. The van der Waals surface area contributed by atoms with Crippen LogP contribution in [0.3, 0.4) is 0 Å². The average molecular weight is 352 g/mol. The van der Waals surface area contributed by atoms with Gasteiger partial charge in [-0.3, -0.25) is 0 Å². The first kappa shape index (κ1) is 16.9. The Morgan fingerprint density at radius 1 is 1.38 bits per heavy atom. The van der Waals surface area contributed by atoms with E-state index >= 15 is 0 Å². The Bertz CT molecular complexity index is 633. The molecule has 0 amide bonds. The third kappa shape index (κ3) is 3.16. The van der Waals surface area contributed by atoms with E-state index in [0.717, 1.165) is 6.42 Å². The zero-order valence-electron chi connectivity index (χ0n) is 12.3. The zero-order valence-corrected chi connectivity index (χ0v) is 14.6. The van der Waals surface area contributed by atoms with E-state index in [1.165, 1.54) is 17.5 Å². The van der Waals surface area contributed by atoms with Gasteiger partial charge in [-0.25, -0.2) is 8.42 Å². The van der Waals surface area contributed by atoms with E-state index in [4.69, 9.17) is 27.9 Å². The van der Waals surface area contributed by atoms with Gasteiger partial charge in [-0.2, -0.15) is 4.31 Å². The molecule has 1 aliphatic heterocycles. The number of alkyl halides is 1. The smallest absolute Gasteiger partial charge is 0.247 e. The van der Waals surface area contributed by atoms with Gasteiger partial charge < -0.3 is 4.74 Å². The quantitative estimate of drug-likeness (QED) is 0.779. The molecule has 21 heavy (non-hydrogen) atoms. The molecule has 1 fully saturated rings. The molecule has 1 heterocycles. The zero-order chi connectivity index (χ0) is 15.8. The van der Waals surface area contributed by atoms with Crippen molar-refractivity contribution in [2.45, 2.75) is 37.1 Å². The van der Waals surface area contributed by atoms with Gasteiger partial charge in [0.1, 0.15) is 10.6 Å². The highest BCUT2D eigenvalue weighted by molar-refractivity contribution is 7.89. The van der Waals surface area contributed by atoms with Crippen LogP contribution in [0.15, 0.2) is 17.0 Å². The standard InChI is InChI=1S/C14H19Cl2NO3S/c1-9-4-10(2)17(8-9)21(18,19)13-6-12(16)5-11(7-15)14(13)20-3/h5-6,9-10H,4,7-8H2,1-3H3. The minimum atomic E-state index is -3.65. The van der Waals surface area contributed by atoms with Crippen molar-refractivity contribution < 1.29 is 13.2 Å². The summed E-state index contributed by atoms with van der Waals surface area (Å²) >= 11 is 11.9. The average Bonchev–Trinajstić information content (AvgIpc) is 2.77. The molecule has 1 aromatic rings. The molecule has 2 rings (SSSR count). The molecule has 118 valence electrons. The summed E-state index contributed by atoms with van der Waals surface area (Å²) in [5.74, 6) is 0.756. The van der Waals surface area contributed by atoms with Gasteiger partial charge in [-0.05, 0) is 31.4 Å². The number of hydrogen-bond acceptors (Lipinski definition) is 3. The highest BCUT2D eigenvalue weighted by Gasteiger charge is 2.38. The molecule has 2 atom stereocenters. The van der Waals surface area contributed by atoms with Crippen molar-refractivity contribution in [3.05, 3.63) is 22.7 Å². The fraction of sp³-hybridized carbons (Fsp3) is 0.571. The van der Waals surface area contributed by atoms with Crippen molar-refractivity contribution in [3.63, 3.8) is 0 Å². The van der Waals surface area contributed by atoms with Crippen molar-refractivity contribution in [3.8, 4) is 5.75 Å². The molecule has 0 bridgehead atoms. The molecule has 4 nitrogen and oxygen atoms in total. The number of benzene rings is 1. The van der Waals surface area contributed by atoms with Crippen LogP contribution < -0.4 is 4.74 Å². The lowest BCUT2D eigenvalue weighted by Gasteiger charge is -2.23.